The molecule has 2 aliphatic heterocycles. The molecule has 0 amide bonds. The van der Waals surface area contributed by atoms with E-state index in [1.165, 1.54) is 7.11 Å². The van der Waals surface area contributed by atoms with Crippen LogP contribution >= 0.6 is 0 Å². The summed E-state index contributed by atoms with van der Waals surface area (Å²) in [6, 6.07) is 0. The molecule has 2 heterocycles. The first-order chi connectivity index (χ1) is 15.5. The molecule has 4 aliphatic rings. The first kappa shape index (κ1) is 24.1. The maximum atomic E-state index is 13.0. The Kier molecular flexibility index (Phi) is 5.88. The van der Waals surface area contributed by atoms with Crippen LogP contribution in [0.15, 0.2) is 35.5 Å². The van der Waals surface area contributed by atoms with Gasteiger partial charge in [0.25, 0.3) is 0 Å². The average molecular weight is 463 g/mol. The second kappa shape index (κ2) is 8.05. The van der Waals surface area contributed by atoms with Crippen LogP contribution in [-0.2, 0) is 28.5 Å². The molecule has 0 aromatic carbocycles. The van der Waals surface area contributed by atoms with E-state index in [0.717, 1.165) is 5.57 Å². The van der Waals surface area contributed by atoms with Crippen LogP contribution in [0, 0.1) is 23.7 Å². The van der Waals surface area contributed by atoms with Crippen molar-refractivity contribution in [2.45, 2.75) is 63.6 Å². The molecule has 33 heavy (non-hydrogen) atoms. The van der Waals surface area contributed by atoms with Crippen molar-refractivity contribution < 1.29 is 38.7 Å². The van der Waals surface area contributed by atoms with Crippen molar-refractivity contribution >= 4 is 11.9 Å². The normalized spacial score (nSPS) is 43.2. The molecule has 8 heteroatoms. The van der Waals surface area contributed by atoms with E-state index in [1.807, 2.05) is 13.8 Å². The zero-order chi connectivity index (χ0) is 24.3. The smallest absolute Gasteiger partial charge is 0.339 e. The summed E-state index contributed by atoms with van der Waals surface area (Å²) in [5.74, 6) is -4.56. The Morgan fingerprint density at radius 1 is 1.24 bits per heavy atom. The maximum absolute atomic E-state index is 13.0. The van der Waals surface area contributed by atoms with Gasteiger partial charge in [-0.25, -0.2) is 9.59 Å². The Hall–Kier alpha value is -2.00. The number of aliphatic hydroxyl groups excluding tert-OH is 1. The lowest BCUT2D eigenvalue weighted by Crippen LogP contribution is -2.63. The van der Waals surface area contributed by atoms with Gasteiger partial charge in [-0.05, 0) is 39.7 Å². The van der Waals surface area contributed by atoms with Gasteiger partial charge in [-0.3, -0.25) is 0 Å². The molecule has 8 unspecified atom stereocenters. The monoisotopic (exact) mass is 462 g/mol. The number of hydrogen-bond acceptors (Lipinski definition) is 8. The number of methoxy groups -OCH3 is 1. The van der Waals surface area contributed by atoms with Gasteiger partial charge in [0.2, 0.25) is 5.79 Å². The van der Waals surface area contributed by atoms with Crippen molar-refractivity contribution in [1.82, 2.24) is 0 Å². The van der Waals surface area contributed by atoms with E-state index in [1.54, 1.807) is 26.0 Å². The van der Waals surface area contributed by atoms with E-state index in [4.69, 9.17) is 18.9 Å². The van der Waals surface area contributed by atoms with Crippen LogP contribution < -0.4 is 0 Å². The zero-order valence-corrected chi connectivity index (χ0v) is 19.9. The molecule has 0 aromatic heterocycles. The minimum Gasteiger partial charge on any atom is -0.466 e. The fourth-order valence-corrected chi connectivity index (χ4v) is 6.73. The second-order valence-corrected chi connectivity index (χ2v) is 9.85. The van der Waals surface area contributed by atoms with Crippen LogP contribution in [0.4, 0.5) is 0 Å². The highest BCUT2D eigenvalue weighted by molar-refractivity contribution is 5.92. The quantitative estimate of drug-likeness (QED) is 0.456. The highest BCUT2D eigenvalue weighted by Gasteiger charge is 2.73. The van der Waals surface area contributed by atoms with Gasteiger partial charge in [-0.15, -0.1) is 0 Å². The van der Waals surface area contributed by atoms with Gasteiger partial charge in [0.1, 0.15) is 5.60 Å². The maximum Gasteiger partial charge on any atom is 0.339 e. The van der Waals surface area contributed by atoms with Crippen molar-refractivity contribution in [3.8, 4) is 0 Å². The topological polar surface area (TPSA) is 112 Å². The number of carbonyl (C=O) groups excluding carboxylic acids is 2. The fourth-order valence-electron chi connectivity index (χ4n) is 6.73. The van der Waals surface area contributed by atoms with Crippen molar-refractivity contribution in [3.63, 3.8) is 0 Å². The van der Waals surface area contributed by atoms with Crippen LogP contribution in [0.25, 0.3) is 0 Å². The number of aliphatic hydroxyl groups is 2. The highest BCUT2D eigenvalue weighted by atomic mass is 16.7. The first-order valence-electron chi connectivity index (χ1n) is 11.6. The summed E-state index contributed by atoms with van der Waals surface area (Å²) in [4.78, 5) is 25.9. The lowest BCUT2D eigenvalue weighted by molar-refractivity contribution is -0.307. The summed E-state index contributed by atoms with van der Waals surface area (Å²) in [7, 11) is 1.30. The minimum atomic E-state index is -1.38. The molecule has 8 atom stereocenters. The third-order valence-corrected chi connectivity index (χ3v) is 7.76. The molecule has 1 saturated carbocycles. The van der Waals surface area contributed by atoms with Gasteiger partial charge < -0.3 is 29.2 Å². The summed E-state index contributed by atoms with van der Waals surface area (Å²) in [5, 5.41) is 22.5. The minimum absolute atomic E-state index is 0.0533. The summed E-state index contributed by atoms with van der Waals surface area (Å²) in [6.45, 7) is 11.7. The van der Waals surface area contributed by atoms with Gasteiger partial charge in [0.05, 0.1) is 31.0 Å². The number of allylic oxidation sites excluding steroid dienone is 1. The van der Waals surface area contributed by atoms with Crippen LogP contribution in [0.2, 0.25) is 0 Å². The largest absolute Gasteiger partial charge is 0.466 e. The Morgan fingerprint density at radius 3 is 2.52 bits per heavy atom. The van der Waals surface area contributed by atoms with Crippen molar-refractivity contribution in [2.24, 2.45) is 23.7 Å². The predicted molar refractivity (Wildman–Crippen MR) is 118 cm³/mol. The number of esters is 2. The molecule has 0 aromatic rings. The molecule has 8 nitrogen and oxygen atoms in total. The molecule has 1 spiro atoms. The second-order valence-electron chi connectivity index (χ2n) is 9.85. The number of fused-ring (bicyclic) bond motifs is 2. The molecule has 2 aliphatic carbocycles. The molecule has 2 N–H and O–H groups in total. The lowest BCUT2D eigenvalue weighted by Gasteiger charge is -2.56. The third kappa shape index (κ3) is 3.33. The molecule has 2 fully saturated rings. The zero-order valence-electron chi connectivity index (χ0n) is 19.9. The average Bonchev–Trinajstić information content (AvgIpc) is 3.14. The molecule has 182 valence electrons. The van der Waals surface area contributed by atoms with E-state index in [-0.39, 0.29) is 31.1 Å². The SMILES string of the molecule is C=C(C)C1CC2(OCC)OC3(C=C2C(=O)OC)C1C=C(C(=O)OCC)C1C(O)CC(C)(O)C13. The number of ether oxygens (including phenoxy) is 4. The van der Waals surface area contributed by atoms with Crippen molar-refractivity contribution in [2.75, 3.05) is 20.3 Å². The first-order valence-corrected chi connectivity index (χ1v) is 11.6. The van der Waals surface area contributed by atoms with E-state index in [2.05, 4.69) is 6.58 Å². The number of hydrogen-bond donors (Lipinski definition) is 2. The van der Waals surface area contributed by atoms with Crippen LogP contribution in [0.1, 0.15) is 40.5 Å². The Morgan fingerprint density at radius 2 is 1.94 bits per heavy atom. The van der Waals surface area contributed by atoms with Gasteiger partial charge in [-0.1, -0.05) is 18.2 Å². The van der Waals surface area contributed by atoms with Gasteiger partial charge in [0, 0.05) is 42.8 Å². The Labute approximate surface area is 194 Å². The molecule has 2 bridgehead atoms. The Balaban J connectivity index is 2.00. The molecule has 1 saturated heterocycles. The van der Waals surface area contributed by atoms with E-state index >= 15 is 0 Å². The molecule has 4 rings (SSSR count). The summed E-state index contributed by atoms with van der Waals surface area (Å²) >= 11 is 0. The van der Waals surface area contributed by atoms with E-state index < -0.39 is 52.8 Å². The highest BCUT2D eigenvalue weighted by Crippen LogP contribution is 2.66. The van der Waals surface area contributed by atoms with Crippen molar-refractivity contribution in [1.29, 1.82) is 0 Å². The van der Waals surface area contributed by atoms with Crippen LogP contribution in [0.5, 0.6) is 0 Å². The molecular weight excluding hydrogens is 428 g/mol. The lowest BCUT2D eigenvalue weighted by atomic mass is 9.57. The summed E-state index contributed by atoms with van der Waals surface area (Å²) in [5.41, 5.74) is -1.17. The molecule has 0 radical (unpaired) electrons. The standard InChI is InChI=1S/C25H34O8/c1-7-31-21(27)14-9-16-15(13(3)4)10-25(32-8-2)17(22(28)30-6)11-24(16,33-25)20-19(14)18(26)12-23(20,5)29/h9,11,15-16,18-20,26,29H,3,7-8,10,12H2,1-2,4-6H3. The third-order valence-electron chi connectivity index (χ3n) is 7.76. The van der Waals surface area contributed by atoms with Crippen LogP contribution in [0.3, 0.4) is 0 Å². The Bertz CT molecular complexity index is 933. The fraction of sp³-hybridized carbons (Fsp3) is 0.680. The summed E-state index contributed by atoms with van der Waals surface area (Å²) < 4.78 is 23.2. The molecular formula is C25H34O8. The predicted octanol–water partition coefficient (Wildman–Crippen LogP) is 2.05. The van der Waals surface area contributed by atoms with Gasteiger partial charge >= 0.3 is 11.9 Å². The number of rotatable bonds is 6. The van der Waals surface area contributed by atoms with Gasteiger partial charge in [0.15, 0.2) is 0 Å². The van der Waals surface area contributed by atoms with Crippen LogP contribution in [-0.4, -0.2) is 65.6 Å². The van der Waals surface area contributed by atoms with E-state index in [0.29, 0.717) is 12.0 Å². The summed E-state index contributed by atoms with van der Waals surface area (Å²) in [6.07, 6.45) is 2.89. The number of carbonyl (C=O) groups is 2. The van der Waals surface area contributed by atoms with E-state index in [9.17, 15) is 19.8 Å². The van der Waals surface area contributed by atoms with Gasteiger partial charge in [-0.2, -0.15) is 0 Å². The van der Waals surface area contributed by atoms with Crippen molar-refractivity contribution in [3.05, 3.63) is 35.5 Å².